The van der Waals surface area contributed by atoms with Gasteiger partial charge in [-0.25, -0.2) is 0 Å². The first-order chi connectivity index (χ1) is 6.22. The first-order valence-electron chi connectivity index (χ1n) is 4.34. The van der Waals surface area contributed by atoms with Gasteiger partial charge in [0.25, 0.3) is 0 Å². The monoisotopic (exact) mass is 241 g/mol. The number of methoxy groups -OCH3 is 1. The molecule has 1 aliphatic rings. The van der Waals surface area contributed by atoms with E-state index in [9.17, 15) is 0 Å². The van der Waals surface area contributed by atoms with E-state index >= 15 is 0 Å². The Hall–Kier alpha value is -0.540. The van der Waals surface area contributed by atoms with Gasteiger partial charge in [0.05, 0.1) is 7.11 Å². The van der Waals surface area contributed by atoms with Crippen LogP contribution in [0.3, 0.4) is 0 Å². The number of nitrogens with two attached hydrogens (primary N) is 1. The Balaban J connectivity index is 2.53. The zero-order chi connectivity index (χ0) is 9.42. The van der Waals surface area contributed by atoms with Gasteiger partial charge in [0.2, 0.25) is 0 Å². The summed E-state index contributed by atoms with van der Waals surface area (Å²) in [5.41, 5.74) is 8.53. The lowest BCUT2D eigenvalue weighted by Gasteiger charge is -2.08. The molecule has 13 heavy (non-hydrogen) atoms. The van der Waals surface area contributed by atoms with Crippen LogP contribution >= 0.6 is 15.9 Å². The largest absolute Gasteiger partial charge is 0.497 e. The van der Waals surface area contributed by atoms with Gasteiger partial charge in [0.1, 0.15) is 5.75 Å². The Morgan fingerprint density at radius 2 is 2.31 bits per heavy atom. The number of hydrogen-bond acceptors (Lipinski definition) is 2. The molecule has 0 saturated carbocycles. The highest BCUT2D eigenvalue weighted by Crippen LogP contribution is 2.37. The molecule has 0 heterocycles. The topological polar surface area (TPSA) is 35.2 Å². The van der Waals surface area contributed by atoms with Crippen molar-refractivity contribution in [3.8, 4) is 5.75 Å². The van der Waals surface area contributed by atoms with Gasteiger partial charge >= 0.3 is 0 Å². The fourth-order valence-corrected chi connectivity index (χ4v) is 2.45. The second-order valence-electron chi connectivity index (χ2n) is 3.32. The average molecular weight is 242 g/mol. The van der Waals surface area contributed by atoms with Crippen LogP contribution < -0.4 is 10.5 Å². The quantitative estimate of drug-likeness (QED) is 0.820. The fraction of sp³-hybridized carbons (Fsp3) is 0.400. The van der Waals surface area contributed by atoms with Crippen molar-refractivity contribution in [2.24, 2.45) is 5.73 Å². The molecule has 1 aromatic rings. The Morgan fingerprint density at radius 3 is 3.00 bits per heavy atom. The highest BCUT2D eigenvalue weighted by Gasteiger charge is 2.21. The number of ether oxygens (including phenoxy) is 1. The van der Waals surface area contributed by atoms with Crippen molar-refractivity contribution in [2.45, 2.75) is 18.9 Å². The molecule has 2 N–H and O–H groups in total. The van der Waals surface area contributed by atoms with E-state index in [1.807, 2.05) is 12.1 Å². The maximum Gasteiger partial charge on any atom is 0.120 e. The average Bonchev–Trinajstić information content (AvgIpc) is 2.48. The summed E-state index contributed by atoms with van der Waals surface area (Å²) in [5, 5.41) is 0. The van der Waals surface area contributed by atoms with E-state index < -0.39 is 0 Å². The van der Waals surface area contributed by atoms with Crippen LogP contribution in [0.5, 0.6) is 5.75 Å². The molecule has 3 heteroatoms. The molecule has 0 radical (unpaired) electrons. The minimum absolute atomic E-state index is 0.182. The number of halogens is 1. The summed E-state index contributed by atoms with van der Waals surface area (Å²) >= 11 is 3.53. The minimum Gasteiger partial charge on any atom is -0.497 e. The minimum atomic E-state index is 0.182. The second kappa shape index (κ2) is 3.31. The summed E-state index contributed by atoms with van der Waals surface area (Å²) in [6, 6.07) is 4.22. The maximum absolute atomic E-state index is 5.96. The standard InChI is InChI=1S/C10H12BrNO/c1-13-6-4-8-7(9(11)5-6)2-3-10(8)12/h4-5,10H,2-3,12H2,1H3/t10-/m0/s1. The summed E-state index contributed by atoms with van der Waals surface area (Å²) in [7, 11) is 1.68. The molecule has 1 aliphatic carbocycles. The van der Waals surface area contributed by atoms with Crippen molar-refractivity contribution in [3.63, 3.8) is 0 Å². The van der Waals surface area contributed by atoms with Gasteiger partial charge in [-0.1, -0.05) is 15.9 Å². The van der Waals surface area contributed by atoms with Gasteiger partial charge in [-0.15, -0.1) is 0 Å². The maximum atomic E-state index is 5.96. The number of rotatable bonds is 1. The van der Waals surface area contributed by atoms with Crippen molar-refractivity contribution in [1.82, 2.24) is 0 Å². The highest BCUT2D eigenvalue weighted by atomic mass is 79.9. The van der Waals surface area contributed by atoms with Gasteiger partial charge in [0, 0.05) is 10.5 Å². The van der Waals surface area contributed by atoms with Gasteiger partial charge < -0.3 is 10.5 Å². The predicted octanol–water partition coefficient (Wildman–Crippen LogP) is 2.40. The fourth-order valence-electron chi connectivity index (χ4n) is 1.80. The van der Waals surface area contributed by atoms with E-state index in [0.29, 0.717) is 0 Å². The predicted molar refractivity (Wildman–Crippen MR) is 55.9 cm³/mol. The van der Waals surface area contributed by atoms with E-state index in [1.165, 1.54) is 11.1 Å². The summed E-state index contributed by atoms with van der Waals surface area (Å²) in [6.07, 6.45) is 2.11. The van der Waals surface area contributed by atoms with Crippen molar-refractivity contribution >= 4 is 15.9 Å². The first kappa shape index (κ1) is 9.03. The molecule has 0 bridgehead atoms. The van der Waals surface area contributed by atoms with Crippen molar-refractivity contribution in [1.29, 1.82) is 0 Å². The molecule has 0 aliphatic heterocycles. The van der Waals surface area contributed by atoms with Gasteiger partial charge in [-0.2, -0.15) is 0 Å². The Bertz CT molecular complexity index is 338. The smallest absolute Gasteiger partial charge is 0.120 e. The third-order valence-electron chi connectivity index (χ3n) is 2.54. The van der Waals surface area contributed by atoms with E-state index in [-0.39, 0.29) is 6.04 Å². The number of fused-ring (bicyclic) bond motifs is 1. The van der Waals surface area contributed by atoms with Crippen LogP contribution in [-0.2, 0) is 6.42 Å². The van der Waals surface area contributed by atoms with Crippen LogP contribution in [-0.4, -0.2) is 7.11 Å². The molecule has 1 aromatic carbocycles. The number of hydrogen-bond donors (Lipinski definition) is 1. The van der Waals surface area contributed by atoms with Crippen LogP contribution in [0.4, 0.5) is 0 Å². The van der Waals surface area contributed by atoms with Crippen molar-refractivity contribution in [3.05, 3.63) is 27.7 Å². The molecule has 70 valence electrons. The summed E-state index contributed by atoms with van der Waals surface area (Å²) in [4.78, 5) is 0. The van der Waals surface area contributed by atoms with Crippen LogP contribution in [0.25, 0.3) is 0 Å². The summed E-state index contributed by atoms with van der Waals surface area (Å²) in [6.45, 7) is 0. The first-order valence-corrected chi connectivity index (χ1v) is 5.13. The Kier molecular flexibility index (Phi) is 2.30. The molecule has 0 spiro atoms. The third kappa shape index (κ3) is 1.46. The lowest BCUT2D eigenvalue weighted by Crippen LogP contribution is -2.05. The highest BCUT2D eigenvalue weighted by molar-refractivity contribution is 9.10. The molecular formula is C10H12BrNO. The summed E-state index contributed by atoms with van der Waals surface area (Å²) < 4.78 is 6.30. The normalized spacial score (nSPS) is 20.1. The molecule has 2 rings (SSSR count). The molecule has 0 unspecified atom stereocenters. The molecule has 0 aromatic heterocycles. The van der Waals surface area contributed by atoms with E-state index in [2.05, 4.69) is 15.9 Å². The molecule has 0 amide bonds. The van der Waals surface area contributed by atoms with Gasteiger partial charge in [-0.05, 0) is 36.1 Å². The SMILES string of the molecule is COc1cc(Br)c2c(c1)[C@@H](N)CC2. The van der Waals surface area contributed by atoms with E-state index in [1.54, 1.807) is 7.11 Å². The molecule has 2 nitrogen and oxygen atoms in total. The van der Waals surface area contributed by atoms with Gasteiger partial charge in [-0.3, -0.25) is 0 Å². The van der Waals surface area contributed by atoms with Gasteiger partial charge in [0.15, 0.2) is 0 Å². The van der Waals surface area contributed by atoms with E-state index in [0.717, 1.165) is 23.1 Å². The zero-order valence-corrected chi connectivity index (χ0v) is 9.10. The molecule has 0 fully saturated rings. The van der Waals surface area contributed by atoms with Crippen molar-refractivity contribution < 1.29 is 4.74 Å². The molecule has 1 atom stereocenters. The zero-order valence-electron chi connectivity index (χ0n) is 7.51. The Labute approximate surface area is 86.2 Å². The van der Waals surface area contributed by atoms with Crippen LogP contribution in [0, 0.1) is 0 Å². The second-order valence-corrected chi connectivity index (χ2v) is 4.18. The van der Waals surface area contributed by atoms with E-state index in [4.69, 9.17) is 10.5 Å². The lowest BCUT2D eigenvalue weighted by molar-refractivity contribution is 0.413. The van der Waals surface area contributed by atoms with Crippen LogP contribution in [0.2, 0.25) is 0 Å². The lowest BCUT2D eigenvalue weighted by atomic mass is 10.1. The van der Waals surface area contributed by atoms with Crippen LogP contribution in [0.1, 0.15) is 23.6 Å². The van der Waals surface area contributed by atoms with Crippen LogP contribution in [0.15, 0.2) is 16.6 Å². The third-order valence-corrected chi connectivity index (χ3v) is 3.25. The Morgan fingerprint density at radius 1 is 1.54 bits per heavy atom. The summed E-state index contributed by atoms with van der Waals surface area (Å²) in [5.74, 6) is 0.878. The molecule has 0 saturated heterocycles. The number of benzene rings is 1. The molecular weight excluding hydrogens is 230 g/mol. The van der Waals surface area contributed by atoms with Crippen molar-refractivity contribution in [2.75, 3.05) is 7.11 Å².